The molecule has 0 spiro atoms. The fourth-order valence-electron chi connectivity index (χ4n) is 1.86. The number of rotatable bonds is 6. The highest BCUT2D eigenvalue weighted by Crippen LogP contribution is 2.16. The van der Waals surface area contributed by atoms with E-state index in [1.54, 1.807) is 4.68 Å². The van der Waals surface area contributed by atoms with Crippen molar-refractivity contribution in [3.05, 3.63) is 18.0 Å². The number of hydrogen-bond acceptors (Lipinski definition) is 7. The molecule has 0 aliphatic carbocycles. The van der Waals surface area contributed by atoms with E-state index in [2.05, 4.69) is 25.4 Å². The molecule has 0 saturated heterocycles. The molecular formula is C13H22N8. The Kier molecular flexibility index (Phi) is 4.56. The highest BCUT2D eigenvalue weighted by molar-refractivity contribution is 5.44. The largest absolute Gasteiger partial charge is 0.354 e. The predicted molar refractivity (Wildman–Crippen MR) is 83.6 cm³/mol. The molecular weight excluding hydrogens is 268 g/mol. The zero-order valence-corrected chi connectivity index (χ0v) is 13.2. The summed E-state index contributed by atoms with van der Waals surface area (Å²) in [6.45, 7) is 3.47. The maximum absolute atomic E-state index is 4.48. The molecule has 2 aromatic rings. The van der Waals surface area contributed by atoms with Gasteiger partial charge in [0.15, 0.2) is 0 Å². The van der Waals surface area contributed by atoms with Crippen LogP contribution in [0.1, 0.15) is 12.5 Å². The van der Waals surface area contributed by atoms with Crippen molar-refractivity contribution in [3.63, 3.8) is 0 Å². The van der Waals surface area contributed by atoms with Crippen LogP contribution in [0, 0.1) is 0 Å². The summed E-state index contributed by atoms with van der Waals surface area (Å²) in [7, 11) is 7.68. The molecule has 0 aliphatic rings. The average molecular weight is 290 g/mol. The van der Waals surface area contributed by atoms with Gasteiger partial charge in [-0.2, -0.15) is 20.1 Å². The minimum Gasteiger partial charge on any atom is -0.354 e. The maximum Gasteiger partial charge on any atom is 0.232 e. The van der Waals surface area contributed by atoms with Crippen LogP contribution in [-0.2, 0) is 13.6 Å². The lowest BCUT2D eigenvalue weighted by Gasteiger charge is -2.19. The van der Waals surface area contributed by atoms with Crippen LogP contribution in [0.3, 0.4) is 0 Å². The summed E-state index contributed by atoms with van der Waals surface area (Å²) in [4.78, 5) is 17.1. The van der Waals surface area contributed by atoms with E-state index in [4.69, 9.17) is 0 Å². The van der Waals surface area contributed by atoms with Crippen molar-refractivity contribution in [1.82, 2.24) is 24.7 Å². The summed E-state index contributed by atoms with van der Waals surface area (Å²) in [5.41, 5.74) is 1.11. The fraction of sp³-hybridized carbons (Fsp3) is 0.538. The summed E-state index contributed by atoms with van der Waals surface area (Å²) in [6.07, 6.45) is 3.82. The maximum atomic E-state index is 4.48. The zero-order chi connectivity index (χ0) is 15.4. The van der Waals surface area contributed by atoms with Gasteiger partial charge >= 0.3 is 0 Å². The number of aromatic nitrogens is 5. The molecule has 0 unspecified atom stereocenters. The zero-order valence-electron chi connectivity index (χ0n) is 13.2. The third-order valence-corrected chi connectivity index (χ3v) is 2.87. The first-order valence-corrected chi connectivity index (χ1v) is 6.85. The molecule has 0 saturated carbocycles. The first-order chi connectivity index (χ1) is 9.99. The fourth-order valence-corrected chi connectivity index (χ4v) is 1.86. The Morgan fingerprint density at radius 2 is 1.86 bits per heavy atom. The van der Waals surface area contributed by atoms with Gasteiger partial charge in [0.25, 0.3) is 0 Å². The highest BCUT2D eigenvalue weighted by Gasteiger charge is 2.12. The van der Waals surface area contributed by atoms with Gasteiger partial charge in [-0.3, -0.25) is 4.68 Å². The van der Waals surface area contributed by atoms with Crippen molar-refractivity contribution in [2.45, 2.75) is 13.5 Å². The van der Waals surface area contributed by atoms with Crippen LogP contribution in [0.2, 0.25) is 0 Å². The van der Waals surface area contributed by atoms with Crippen LogP contribution in [0.4, 0.5) is 17.8 Å². The Labute approximate surface area is 124 Å². The van der Waals surface area contributed by atoms with Gasteiger partial charge in [-0.1, -0.05) is 0 Å². The summed E-state index contributed by atoms with van der Waals surface area (Å²) in [5, 5.41) is 7.31. The molecule has 0 fully saturated rings. The molecule has 0 aliphatic heterocycles. The van der Waals surface area contributed by atoms with E-state index in [1.165, 1.54) is 0 Å². The Balaban J connectivity index is 2.24. The molecule has 0 amide bonds. The van der Waals surface area contributed by atoms with Crippen LogP contribution < -0.4 is 15.1 Å². The number of aryl methyl sites for hydroxylation is 1. The van der Waals surface area contributed by atoms with Crippen molar-refractivity contribution in [2.24, 2.45) is 7.05 Å². The molecule has 2 aromatic heterocycles. The molecule has 114 valence electrons. The molecule has 8 nitrogen and oxygen atoms in total. The molecule has 0 aromatic carbocycles. The van der Waals surface area contributed by atoms with Gasteiger partial charge in [-0.05, 0) is 6.92 Å². The van der Waals surface area contributed by atoms with Gasteiger partial charge in [0.05, 0.1) is 6.20 Å². The van der Waals surface area contributed by atoms with E-state index < -0.39 is 0 Å². The van der Waals surface area contributed by atoms with Gasteiger partial charge < -0.3 is 15.1 Å². The lowest BCUT2D eigenvalue weighted by molar-refractivity contribution is 0.766. The molecule has 21 heavy (non-hydrogen) atoms. The van der Waals surface area contributed by atoms with E-state index in [0.717, 1.165) is 12.1 Å². The number of hydrogen-bond donors (Lipinski definition) is 1. The molecule has 0 radical (unpaired) electrons. The predicted octanol–water partition coefficient (Wildman–Crippen LogP) is 0.739. The Morgan fingerprint density at radius 1 is 1.14 bits per heavy atom. The smallest absolute Gasteiger partial charge is 0.232 e. The highest BCUT2D eigenvalue weighted by atomic mass is 15.3. The number of nitrogens with one attached hydrogen (secondary N) is 1. The average Bonchev–Trinajstić information content (AvgIpc) is 2.84. The van der Waals surface area contributed by atoms with Gasteiger partial charge in [-0.15, -0.1) is 0 Å². The molecule has 2 rings (SSSR count). The van der Waals surface area contributed by atoms with Crippen molar-refractivity contribution in [2.75, 3.05) is 42.8 Å². The third-order valence-electron chi connectivity index (χ3n) is 2.87. The molecule has 8 heteroatoms. The van der Waals surface area contributed by atoms with Gasteiger partial charge in [0.2, 0.25) is 17.8 Å². The Bertz CT molecular complexity index is 592. The Hall–Kier alpha value is -2.38. The van der Waals surface area contributed by atoms with Gasteiger partial charge in [-0.25, -0.2) is 0 Å². The van der Waals surface area contributed by atoms with Crippen LogP contribution in [0.5, 0.6) is 0 Å². The standard InChI is InChI=1S/C13H22N8/c1-6-14-11-16-12(19(2)3)18-13(17-11)20(4)8-10-7-15-21(5)9-10/h7,9H,6,8H2,1-5H3,(H,14,16,17,18). The van der Waals surface area contributed by atoms with Crippen molar-refractivity contribution in [1.29, 1.82) is 0 Å². The first kappa shape index (κ1) is 15.0. The van der Waals surface area contributed by atoms with Crippen molar-refractivity contribution in [3.8, 4) is 0 Å². The van der Waals surface area contributed by atoms with E-state index >= 15 is 0 Å². The second-order valence-corrected chi connectivity index (χ2v) is 5.06. The third kappa shape index (κ3) is 3.80. The minimum atomic E-state index is 0.587. The number of anilines is 3. The van der Waals surface area contributed by atoms with Crippen LogP contribution in [-0.4, -0.2) is 52.4 Å². The topological polar surface area (TPSA) is 75.0 Å². The molecule has 1 N–H and O–H groups in total. The van der Waals surface area contributed by atoms with Gasteiger partial charge in [0, 0.05) is 53.0 Å². The summed E-state index contributed by atoms with van der Waals surface area (Å²) >= 11 is 0. The Morgan fingerprint density at radius 3 is 2.43 bits per heavy atom. The van der Waals surface area contributed by atoms with Crippen molar-refractivity contribution >= 4 is 17.8 Å². The van der Waals surface area contributed by atoms with E-state index in [-0.39, 0.29) is 0 Å². The van der Waals surface area contributed by atoms with Crippen LogP contribution in [0.15, 0.2) is 12.4 Å². The quantitative estimate of drug-likeness (QED) is 0.841. The van der Waals surface area contributed by atoms with E-state index in [1.807, 2.05) is 57.3 Å². The van der Waals surface area contributed by atoms with Crippen molar-refractivity contribution < 1.29 is 0 Å². The van der Waals surface area contributed by atoms with Gasteiger partial charge in [0.1, 0.15) is 0 Å². The lowest BCUT2D eigenvalue weighted by Crippen LogP contribution is -2.23. The molecule has 0 atom stereocenters. The molecule has 2 heterocycles. The monoisotopic (exact) mass is 290 g/mol. The van der Waals surface area contributed by atoms with Crippen LogP contribution in [0.25, 0.3) is 0 Å². The first-order valence-electron chi connectivity index (χ1n) is 6.85. The molecule has 0 bridgehead atoms. The number of nitrogens with zero attached hydrogens (tertiary/aromatic N) is 7. The normalized spacial score (nSPS) is 10.5. The SMILES string of the molecule is CCNc1nc(N(C)C)nc(N(C)Cc2cnn(C)c2)n1. The van der Waals surface area contributed by atoms with E-state index in [9.17, 15) is 0 Å². The minimum absolute atomic E-state index is 0.587. The second-order valence-electron chi connectivity index (χ2n) is 5.06. The van der Waals surface area contributed by atoms with Crippen LogP contribution >= 0.6 is 0 Å². The summed E-state index contributed by atoms with van der Waals surface area (Å²) in [6, 6.07) is 0. The van der Waals surface area contributed by atoms with E-state index in [0.29, 0.717) is 24.4 Å². The summed E-state index contributed by atoms with van der Waals surface area (Å²) in [5.74, 6) is 1.85. The second kappa shape index (κ2) is 6.38. The lowest BCUT2D eigenvalue weighted by atomic mass is 10.3. The summed E-state index contributed by atoms with van der Waals surface area (Å²) < 4.78 is 1.78.